The predicted molar refractivity (Wildman–Crippen MR) is 228 cm³/mol. The molecular formula is C50H52BN3. The molecule has 3 bridgehead atoms. The van der Waals surface area contributed by atoms with E-state index in [1.165, 1.54) is 104 Å². The smallest absolute Gasteiger partial charge is 0.247 e. The lowest BCUT2D eigenvalue weighted by atomic mass is 9.33. The van der Waals surface area contributed by atoms with Gasteiger partial charge in [-0.2, -0.15) is 0 Å². The van der Waals surface area contributed by atoms with Crippen molar-refractivity contribution in [2.45, 2.75) is 117 Å². The van der Waals surface area contributed by atoms with E-state index < -0.39 is 0 Å². The van der Waals surface area contributed by atoms with Gasteiger partial charge in [-0.3, -0.25) is 8.97 Å². The minimum absolute atomic E-state index is 0.148. The van der Waals surface area contributed by atoms with Crippen LogP contribution in [0.25, 0.3) is 44.3 Å². The number of imidazole rings is 1. The summed E-state index contributed by atoms with van der Waals surface area (Å²) in [5.74, 6) is 5.66. The topological polar surface area (TPSA) is 22.2 Å². The standard InChI is InChI=1S/C50H52BN3/c1-25(2)31-18-36(26(3)4)47(37(19-31)27(5)6)51-40-13-12-30-10-9-11-43-46(30)48(40)54(49-52-42-14-28(7)29(8)15-45(42)53(43)49)44-22-39-33-17-35-20-34-16-32(23-50(34,35)24-33)38(39)21-41(44)51/h9-15,18-19,21-22,25-27,32-35H,16-17,20,23-24H2,1-8H3. The van der Waals surface area contributed by atoms with Crippen molar-refractivity contribution in [3.8, 4) is 5.69 Å². The summed E-state index contributed by atoms with van der Waals surface area (Å²) in [7, 11) is 0. The molecule has 54 heavy (non-hydrogen) atoms. The summed E-state index contributed by atoms with van der Waals surface area (Å²) in [6, 6.07) is 27.2. The van der Waals surface area contributed by atoms with E-state index in [2.05, 4.69) is 131 Å². The Bertz CT molecular complexity index is 2780. The molecule has 2 aromatic heterocycles. The van der Waals surface area contributed by atoms with Crippen molar-refractivity contribution < 1.29 is 0 Å². The van der Waals surface area contributed by atoms with Gasteiger partial charge < -0.3 is 0 Å². The van der Waals surface area contributed by atoms with Crippen LogP contribution in [-0.2, 0) is 0 Å². The van der Waals surface area contributed by atoms with Crippen LogP contribution in [-0.4, -0.2) is 20.7 Å². The lowest BCUT2D eigenvalue weighted by Gasteiger charge is -2.48. The number of nitrogens with zero attached hydrogens (tertiary/aromatic N) is 3. The first-order valence-corrected chi connectivity index (χ1v) is 21.2. The number of benzene rings is 5. The monoisotopic (exact) mass is 705 g/mol. The van der Waals surface area contributed by atoms with Crippen LogP contribution in [0.2, 0.25) is 0 Å². The van der Waals surface area contributed by atoms with Gasteiger partial charge in [-0.15, -0.1) is 0 Å². The maximum absolute atomic E-state index is 5.61. The van der Waals surface area contributed by atoms with Crippen molar-refractivity contribution in [2.75, 3.05) is 0 Å². The molecule has 0 saturated heterocycles. The minimum atomic E-state index is 0.148. The largest absolute Gasteiger partial charge is 0.281 e. The van der Waals surface area contributed by atoms with E-state index in [0.717, 1.165) is 23.1 Å². The Morgan fingerprint density at radius 3 is 2.07 bits per heavy atom. The molecule has 5 aliphatic rings. The molecule has 3 heterocycles. The fourth-order valence-corrected chi connectivity index (χ4v) is 13.3. The summed E-state index contributed by atoms with van der Waals surface area (Å²) >= 11 is 0. The molecule has 4 heteroatoms. The first-order chi connectivity index (χ1) is 26.0. The molecule has 3 saturated carbocycles. The number of hydrogen-bond acceptors (Lipinski definition) is 1. The van der Waals surface area contributed by atoms with Gasteiger partial charge in [0.15, 0.2) is 0 Å². The van der Waals surface area contributed by atoms with Crippen LogP contribution in [0.3, 0.4) is 0 Å². The molecule has 270 valence electrons. The Morgan fingerprint density at radius 1 is 0.704 bits per heavy atom. The number of aryl methyl sites for hydroxylation is 2. The molecule has 1 spiro atoms. The fourth-order valence-electron chi connectivity index (χ4n) is 13.3. The van der Waals surface area contributed by atoms with Gasteiger partial charge in [-0.05, 0) is 172 Å². The van der Waals surface area contributed by atoms with Gasteiger partial charge in [0, 0.05) is 11.1 Å². The third-order valence-electron chi connectivity index (χ3n) is 16.0. The average molecular weight is 706 g/mol. The van der Waals surface area contributed by atoms with Crippen LogP contribution in [0.5, 0.6) is 0 Å². The molecule has 3 nitrogen and oxygen atoms in total. The summed E-state index contributed by atoms with van der Waals surface area (Å²) in [5.41, 5.74) is 21.9. The molecule has 5 aromatic carbocycles. The number of aromatic nitrogens is 3. The number of hydrogen-bond donors (Lipinski definition) is 0. The Morgan fingerprint density at radius 2 is 1.39 bits per heavy atom. The van der Waals surface area contributed by atoms with E-state index in [0.29, 0.717) is 35.0 Å². The third-order valence-corrected chi connectivity index (χ3v) is 16.0. The second-order valence-electron chi connectivity index (χ2n) is 19.6. The zero-order chi connectivity index (χ0) is 36.7. The second-order valence-corrected chi connectivity index (χ2v) is 19.6. The van der Waals surface area contributed by atoms with Gasteiger partial charge in [0.1, 0.15) is 0 Å². The maximum atomic E-state index is 5.61. The zero-order valence-corrected chi connectivity index (χ0v) is 33.3. The van der Waals surface area contributed by atoms with Crippen LogP contribution in [0.1, 0.15) is 142 Å². The van der Waals surface area contributed by atoms with Gasteiger partial charge >= 0.3 is 0 Å². The van der Waals surface area contributed by atoms with Crippen LogP contribution < -0.4 is 16.4 Å². The highest BCUT2D eigenvalue weighted by Gasteiger charge is 2.65. The van der Waals surface area contributed by atoms with E-state index >= 15 is 0 Å². The van der Waals surface area contributed by atoms with Gasteiger partial charge in [0.05, 0.1) is 22.1 Å². The Hall–Kier alpha value is -4.31. The van der Waals surface area contributed by atoms with Crippen molar-refractivity contribution >= 4 is 61.7 Å². The van der Waals surface area contributed by atoms with Gasteiger partial charge in [0.2, 0.25) is 12.5 Å². The van der Waals surface area contributed by atoms with Crippen molar-refractivity contribution in [2.24, 2.45) is 17.3 Å². The Balaban J connectivity index is 1.28. The third kappa shape index (κ3) is 3.83. The van der Waals surface area contributed by atoms with E-state index in [4.69, 9.17) is 4.98 Å². The fraction of sp³-hybridized carbons (Fsp3) is 0.420. The Labute approximate surface area is 320 Å². The molecule has 7 aromatic rings. The number of rotatable bonds is 4. The van der Waals surface area contributed by atoms with E-state index in [-0.39, 0.29) is 6.71 Å². The number of fused-ring (bicyclic) bond motifs is 12. The quantitative estimate of drug-likeness (QED) is 0.167. The van der Waals surface area contributed by atoms with E-state index in [9.17, 15) is 0 Å². The highest BCUT2D eigenvalue weighted by molar-refractivity contribution is 6.98. The lowest BCUT2D eigenvalue weighted by Crippen LogP contribution is -2.59. The minimum Gasteiger partial charge on any atom is -0.281 e. The van der Waals surface area contributed by atoms with E-state index in [1.807, 2.05) is 0 Å². The summed E-state index contributed by atoms with van der Waals surface area (Å²) in [5, 5.41) is 2.67. The first kappa shape index (κ1) is 32.0. The molecule has 0 amide bonds. The zero-order valence-electron chi connectivity index (χ0n) is 33.3. The molecule has 3 fully saturated rings. The second kappa shape index (κ2) is 10.5. The molecule has 5 atom stereocenters. The van der Waals surface area contributed by atoms with E-state index in [1.54, 1.807) is 16.6 Å². The highest BCUT2D eigenvalue weighted by atomic mass is 15.2. The summed E-state index contributed by atoms with van der Waals surface area (Å²) in [6.45, 7) is 19.1. The summed E-state index contributed by atoms with van der Waals surface area (Å²) in [4.78, 5) is 5.61. The van der Waals surface area contributed by atoms with Crippen LogP contribution in [0.4, 0.5) is 0 Å². The van der Waals surface area contributed by atoms with Crippen LogP contribution >= 0.6 is 0 Å². The lowest BCUT2D eigenvalue weighted by molar-refractivity contribution is 0.00322. The van der Waals surface area contributed by atoms with Gasteiger partial charge in [0.25, 0.3) is 0 Å². The molecule has 4 aliphatic carbocycles. The van der Waals surface area contributed by atoms with Crippen molar-refractivity contribution in [3.05, 3.63) is 106 Å². The molecule has 5 unspecified atom stereocenters. The van der Waals surface area contributed by atoms with Crippen molar-refractivity contribution in [1.29, 1.82) is 0 Å². The molecule has 0 N–H and O–H groups in total. The summed E-state index contributed by atoms with van der Waals surface area (Å²) in [6.07, 6.45) is 7.12. The van der Waals surface area contributed by atoms with Crippen LogP contribution in [0.15, 0.2) is 66.7 Å². The summed E-state index contributed by atoms with van der Waals surface area (Å²) < 4.78 is 5.14. The highest BCUT2D eigenvalue weighted by Crippen LogP contribution is 2.76. The van der Waals surface area contributed by atoms with Gasteiger partial charge in [-0.25, -0.2) is 4.98 Å². The average Bonchev–Trinajstić information content (AvgIpc) is 3.74. The normalized spacial score (nSPS) is 24.8. The molecule has 1 aliphatic heterocycles. The van der Waals surface area contributed by atoms with Crippen molar-refractivity contribution in [3.63, 3.8) is 0 Å². The molecule has 0 radical (unpaired) electrons. The Kier molecular flexibility index (Phi) is 6.22. The molecular weight excluding hydrogens is 653 g/mol. The van der Waals surface area contributed by atoms with Crippen molar-refractivity contribution in [1.82, 2.24) is 14.0 Å². The first-order valence-electron chi connectivity index (χ1n) is 21.2. The SMILES string of the molecule is Cc1cc2nc3n4c5c(ccc6cccc(c65)n3c2cc1C)B(c1c(C(C)C)cc(C(C)C)cc1C(C)C)c1cc2c(cc1-4)C1CC3CC4CC2CC43C1. The predicted octanol–water partition coefficient (Wildman–Crippen LogP) is 10.8. The van der Waals surface area contributed by atoms with Gasteiger partial charge in [-0.1, -0.05) is 89.5 Å². The molecule has 12 rings (SSSR count). The maximum Gasteiger partial charge on any atom is 0.247 e. The van der Waals surface area contributed by atoms with Crippen LogP contribution in [0, 0.1) is 31.1 Å².